The van der Waals surface area contributed by atoms with Gasteiger partial charge in [-0.15, -0.1) is 0 Å². The Balaban J connectivity index is 1.79. The maximum Gasteiger partial charge on any atom is 0.282 e. The van der Waals surface area contributed by atoms with Crippen LogP contribution in [0.3, 0.4) is 0 Å². The third-order valence-corrected chi connectivity index (χ3v) is 7.40. The van der Waals surface area contributed by atoms with Gasteiger partial charge in [0, 0.05) is 33.7 Å². The summed E-state index contributed by atoms with van der Waals surface area (Å²) >= 11 is 0. The number of hydrogen-bond acceptors (Lipinski definition) is 3. The summed E-state index contributed by atoms with van der Waals surface area (Å²) in [6.07, 6.45) is 3.63. The molecule has 2 saturated heterocycles. The zero-order valence-corrected chi connectivity index (χ0v) is 15.8. The number of likely N-dealkylation sites (tertiary alicyclic amines) is 1. The Hall–Kier alpha value is -1.44. The van der Waals surface area contributed by atoms with E-state index in [-0.39, 0.29) is 5.91 Å². The predicted molar refractivity (Wildman–Crippen MR) is 97.2 cm³/mol. The lowest BCUT2D eigenvalue weighted by Gasteiger charge is -2.44. The average Bonchev–Trinajstić information content (AvgIpc) is 3.02. The van der Waals surface area contributed by atoms with Gasteiger partial charge in [0.2, 0.25) is 5.91 Å². The summed E-state index contributed by atoms with van der Waals surface area (Å²) in [5.74, 6) is -0.0161. The fourth-order valence-corrected chi connectivity index (χ4v) is 5.49. The molecule has 2 aliphatic heterocycles. The summed E-state index contributed by atoms with van der Waals surface area (Å²) in [6.45, 7) is 1.78. The molecule has 1 amide bonds. The van der Waals surface area contributed by atoms with Crippen LogP contribution >= 0.6 is 0 Å². The molecule has 0 saturated carbocycles. The van der Waals surface area contributed by atoms with Gasteiger partial charge >= 0.3 is 0 Å². The molecule has 1 spiro atoms. The van der Waals surface area contributed by atoms with E-state index in [0.29, 0.717) is 32.5 Å². The number of carbonyl (C=O) groups is 1. The fraction of sp³-hybridized carbons (Fsp3) is 0.611. The highest BCUT2D eigenvalue weighted by Gasteiger charge is 2.55. The van der Waals surface area contributed by atoms with Gasteiger partial charge in [0.25, 0.3) is 10.2 Å². The van der Waals surface area contributed by atoms with Crippen molar-refractivity contribution in [2.45, 2.75) is 37.6 Å². The minimum absolute atomic E-state index is 0.0161. The molecule has 1 atom stereocenters. The molecule has 0 radical (unpaired) electrons. The molecule has 7 heteroatoms. The summed E-state index contributed by atoms with van der Waals surface area (Å²) in [7, 11) is -0.530. The van der Waals surface area contributed by atoms with Crippen LogP contribution in [0.1, 0.15) is 31.2 Å². The van der Waals surface area contributed by atoms with E-state index in [4.69, 9.17) is 0 Å². The second kappa shape index (κ2) is 7.05. The summed E-state index contributed by atoms with van der Waals surface area (Å²) in [5.41, 5.74) is 0.317. The van der Waals surface area contributed by atoms with Crippen LogP contribution < -0.4 is 0 Å². The highest BCUT2D eigenvalue weighted by Crippen LogP contribution is 2.40. The third-order valence-electron chi connectivity index (χ3n) is 5.39. The van der Waals surface area contributed by atoms with Crippen molar-refractivity contribution in [3.05, 3.63) is 35.9 Å². The Morgan fingerprint density at radius 2 is 1.72 bits per heavy atom. The standard InChI is InChI=1S/C18H27N3O3S/c1-19(2)25(23,24)21-14-7-12-18(21)11-6-13-20(17(18)22)15-10-16-8-4-3-5-9-16/h3-5,8-9H,6-7,10-15H2,1-2H3. The molecule has 2 aliphatic rings. The normalized spacial score (nSPS) is 25.2. The van der Waals surface area contributed by atoms with Crippen LogP contribution in [0.2, 0.25) is 0 Å². The van der Waals surface area contributed by atoms with E-state index in [9.17, 15) is 13.2 Å². The van der Waals surface area contributed by atoms with Gasteiger partial charge in [0.05, 0.1) is 0 Å². The molecule has 3 rings (SSSR count). The lowest BCUT2D eigenvalue weighted by molar-refractivity contribution is -0.144. The molecular formula is C18H27N3O3S. The van der Waals surface area contributed by atoms with Crippen LogP contribution in [0, 0.1) is 0 Å². The van der Waals surface area contributed by atoms with E-state index in [2.05, 4.69) is 12.1 Å². The van der Waals surface area contributed by atoms with Gasteiger partial charge in [-0.1, -0.05) is 30.3 Å². The first kappa shape index (κ1) is 18.4. The first-order valence-electron chi connectivity index (χ1n) is 8.91. The molecule has 1 aromatic carbocycles. The van der Waals surface area contributed by atoms with Gasteiger partial charge in [-0.25, -0.2) is 0 Å². The fourth-order valence-electron chi connectivity index (χ4n) is 4.04. The van der Waals surface area contributed by atoms with Crippen LogP contribution in [0.5, 0.6) is 0 Å². The van der Waals surface area contributed by atoms with Crippen LogP contribution in [0.15, 0.2) is 30.3 Å². The first-order chi connectivity index (χ1) is 11.9. The maximum atomic E-state index is 13.3. The molecule has 25 heavy (non-hydrogen) atoms. The number of rotatable bonds is 5. The first-order valence-corrected chi connectivity index (χ1v) is 10.3. The van der Waals surface area contributed by atoms with E-state index in [0.717, 1.165) is 19.3 Å². The van der Waals surface area contributed by atoms with Crippen molar-refractivity contribution in [2.24, 2.45) is 0 Å². The molecule has 1 aromatic rings. The highest BCUT2D eigenvalue weighted by molar-refractivity contribution is 7.86. The van der Waals surface area contributed by atoms with Crippen molar-refractivity contribution in [1.82, 2.24) is 13.5 Å². The number of piperidine rings is 1. The van der Waals surface area contributed by atoms with Crippen molar-refractivity contribution < 1.29 is 13.2 Å². The van der Waals surface area contributed by atoms with Crippen molar-refractivity contribution in [2.75, 3.05) is 33.7 Å². The van der Waals surface area contributed by atoms with E-state index < -0.39 is 15.7 Å². The molecule has 0 aliphatic carbocycles. The Kier molecular flexibility index (Phi) is 5.18. The maximum absolute atomic E-state index is 13.3. The van der Waals surface area contributed by atoms with Crippen molar-refractivity contribution >= 4 is 16.1 Å². The Bertz CT molecular complexity index is 720. The molecule has 2 heterocycles. The van der Waals surface area contributed by atoms with Crippen LogP contribution in [-0.2, 0) is 21.4 Å². The largest absolute Gasteiger partial charge is 0.341 e. The highest BCUT2D eigenvalue weighted by atomic mass is 32.2. The van der Waals surface area contributed by atoms with Gasteiger partial charge in [-0.05, 0) is 37.7 Å². The van der Waals surface area contributed by atoms with Gasteiger partial charge in [-0.3, -0.25) is 4.79 Å². The summed E-state index contributed by atoms with van der Waals surface area (Å²) in [5, 5.41) is 0. The lowest BCUT2D eigenvalue weighted by atomic mass is 9.86. The summed E-state index contributed by atoms with van der Waals surface area (Å²) in [6, 6.07) is 10.1. The molecule has 0 aromatic heterocycles. The van der Waals surface area contributed by atoms with Crippen LogP contribution in [0.25, 0.3) is 0 Å². The summed E-state index contributed by atoms with van der Waals surface area (Å²) in [4.78, 5) is 15.1. The van der Waals surface area contributed by atoms with E-state index in [1.54, 1.807) is 0 Å². The molecule has 138 valence electrons. The third kappa shape index (κ3) is 3.32. The van der Waals surface area contributed by atoms with Crippen molar-refractivity contribution in [3.8, 4) is 0 Å². The van der Waals surface area contributed by atoms with Gasteiger partial charge in [0.15, 0.2) is 0 Å². The van der Waals surface area contributed by atoms with Crippen molar-refractivity contribution in [1.29, 1.82) is 0 Å². The van der Waals surface area contributed by atoms with Crippen LogP contribution in [-0.4, -0.2) is 67.1 Å². The summed E-state index contributed by atoms with van der Waals surface area (Å²) < 4.78 is 28.1. The predicted octanol–water partition coefficient (Wildman–Crippen LogP) is 1.49. The zero-order valence-electron chi connectivity index (χ0n) is 15.0. The number of benzene rings is 1. The molecule has 0 bridgehead atoms. The van der Waals surface area contributed by atoms with Gasteiger partial charge in [-0.2, -0.15) is 17.0 Å². The Morgan fingerprint density at radius 3 is 2.36 bits per heavy atom. The molecular weight excluding hydrogens is 338 g/mol. The molecule has 2 fully saturated rings. The lowest BCUT2D eigenvalue weighted by Crippen LogP contribution is -2.62. The molecule has 0 N–H and O–H groups in total. The SMILES string of the molecule is CN(C)S(=O)(=O)N1CCCC12CCCN(CCc1ccccc1)C2=O. The smallest absolute Gasteiger partial charge is 0.282 e. The van der Waals surface area contributed by atoms with Gasteiger partial charge < -0.3 is 4.90 Å². The monoisotopic (exact) mass is 365 g/mol. The van der Waals surface area contributed by atoms with Crippen LogP contribution in [0.4, 0.5) is 0 Å². The number of nitrogens with zero attached hydrogens (tertiary/aromatic N) is 3. The topological polar surface area (TPSA) is 60.9 Å². The Labute approximate surface area is 150 Å². The number of hydrogen-bond donors (Lipinski definition) is 0. The van der Waals surface area contributed by atoms with E-state index in [1.807, 2.05) is 23.1 Å². The van der Waals surface area contributed by atoms with Crippen molar-refractivity contribution in [3.63, 3.8) is 0 Å². The molecule has 6 nitrogen and oxygen atoms in total. The molecule has 1 unspecified atom stereocenters. The minimum atomic E-state index is -3.59. The Morgan fingerprint density at radius 1 is 1.08 bits per heavy atom. The second-order valence-corrected chi connectivity index (χ2v) is 9.20. The van der Waals surface area contributed by atoms with Gasteiger partial charge in [0.1, 0.15) is 5.54 Å². The number of carbonyl (C=O) groups excluding carboxylic acids is 1. The minimum Gasteiger partial charge on any atom is -0.341 e. The van der Waals surface area contributed by atoms with E-state index in [1.165, 1.54) is 28.3 Å². The number of amides is 1. The van der Waals surface area contributed by atoms with E-state index >= 15 is 0 Å². The zero-order chi connectivity index (χ0) is 18.1. The average molecular weight is 365 g/mol. The second-order valence-electron chi connectivity index (χ2n) is 7.13. The quantitative estimate of drug-likeness (QED) is 0.794.